The fourth-order valence-electron chi connectivity index (χ4n) is 2.70. The third-order valence-electron chi connectivity index (χ3n) is 3.94. The molecule has 0 unspecified atom stereocenters. The van der Waals surface area contributed by atoms with Crippen LogP contribution in [-0.2, 0) is 0 Å². The van der Waals surface area contributed by atoms with Crippen LogP contribution < -0.4 is 24.3 Å². The molecule has 0 radical (unpaired) electrons. The van der Waals surface area contributed by atoms with Gasteiger partial charge < -0.3 is 18.9 Å². The van der Waals surface area contributed by atoms with Gasteiger partial charge in [0.15, 0.2) is 16.6 Å². The third kappa shape index (κ3) is 3.96. The van der Waals surface area contributed by atoms with Crippen LogP contribution in [0.5, 0.6) is 23.0 Å². The van der Waals surface area contributed by atoms with Crippen molar-refractivity contribution in [2.24, 2.45) is 0 Å². The summed E-state index contributed by atoms with van der Waals surface area (Å²) in [7, 11) is 3.17. The van der Waals surface area contributed by atoms with Crippen LogP contribution in [-0.4, -0.2) is 38.3 Å². The molecule has 8 heteroatoms. The number of rotatable bonds is 8. The summed E-state index contributed by atoms with van der Waals surface area (Å²) in [5, 5.41) is 3.29. The molecule has 1 heterocycles. The minimum absolute atomic E-state index is 0.291. The Morgan fingerprint density at radius 3 is 2.29 bits per heavy atom. The molecule has 0 saturated heterocycles. The molecule has 1 amide bonds. The number of aromatic nitrogens is 1. The summed E-state index contributed by atoms with van der Waals surface area (Å²) in [5.74, 6) is 2.14. The summed E-state index contributed by atoms with van der Waals surface area (Å²) >= 11 is 1.32. The number of ether oxygens (including phenoxy) is 4. The zero-order chi connectivity index (χ0) is 20.1. The number of nitrogens with one attached hydrogen (secondary N) is 1. The van der Waals surface area contributed by atoms with Crippen LogP contribution in [0.3, 0.4) is 0 Å². The first-order valence-corrected chi connectivity index (χ1v) is 9.65. The van der Waals surface area contributed by atoms with Gasteiger partial charge in [-0.1, -0.05) is 11.3 Å². The van der Waals surface area contributed by atoms with E-state index in [4.69, 9.17) is 18.9 Å². The van der Waals surface area contributed by atoms with E-state index in [1.54, 1.807) is 38.5 Å². The Hall–Kier alpha value is -3.00. The first kappa shape index (κ1) is 19.8. The lowest BCUT2D eigenvalue weighted by Gasteiger charge is -2.12. The Balaban J connectivity index is 1.89. The summed E-state index contributed by atoms with van der Waals surface area (Å²) in [5.41, 5.74) is 1.09. The number of benzene rings is 2. The van der Waals surface area contributed by atoms with Gasteiger partial charge in [-0.3, -0.25) is 10.1 Å². The Bertz CT molecular complexity index is 945. The number of anilines is 1. The van der Waals surface area contributed by atoms with Crippen molar-refractivity contribution in [1.82, 2.24) is 4.98 Å². The maximum atomic E-state index is 12.7. The van der Waals surface area contributed by atoms with E-state index >= 15 is 0 Å². The zero-order valence-electron chi connectivity index (χ0n) is 16.2. The van der Waals surface area contributed by atoms with E-state index < -0.39 is 0 Å². The first-order valence-electron chi connectivity index (χ1n) is 8.83. The van der Waals surface area contributed by atoms with E-state index in [9.17, 15) is 4.79 Å². The van der Waals surface area contributed by atoms with Gasteiger partial charge >= 0.3 is 0 Å². The molecule has 3 rings (SSSR count). The molecule has 0 aliphatic carbocycles. The van der Waals surface area contributed by atoms with Gasteiger partial charge in [-0.05, 0) is 44.2 Å². The zero-order valence-corrected chi connectivity index (χ0v) is 17.0. The van der Waals surface area contributed by atoms with E-state index in [1.807, 2.05) is 19.9 Å². The summed E-state index contributed by atoms with van der Waals surface area (Å²) in [4.78, 5) is 17.2. The van der Waals surface area contributed by atoms with Crippen molar-refractivity contribution in [3.63, 3.8) is 0 Å². The highest BCUT2D eigenvalue weighted by molar-refractivity contribution is 7.22. The van der Waals surface area contributed by atoms with Gasteiger partial charge in [0.2, 0.25) is 0 Å². The molecule has 0 saturated carbocycles. The quantitative estimate of drug-likeness (QED) is 0.603. The number of amides is 1. The van der Waals surface area contributed by atoms with Crippen molar-refractivity contribution in [3.05, 3.63) is 35.9 Å². The normalized spacial score (nSPS) is 10.6. The molecule has 148 valence electrons. The van der Waals surface area contributed by atoms with Crippen LogP contribution in [0.4, 0.5) is 5.13 Å². The Labute approximate surface area is 167 Å². The highest BCUT2D eigenvalue weighted by Gasteiger charge is 2.17. The second-order valence-corrected chi connectivity index (χ2v) is 6.65. The van der Waals surface area contributed by atoms with Crippen molar-refractivity contribution in [2.75, 3.05) is 32.8 Å². The SMILES string of the molecule is CCOc1ccc(C(=O)Nc2nc3c(OC)ccc(OC)c3s2)cc1OCC. The predicted molar refractivity (Wildman–Crippen MR) is 109 cm³/mol. The molecule has 0 spiro atoms. The minimum atomic E-state index is -0.291. The lowest BCUT2D eigenvalue weighted by molar-refractivity contribution is 0.102. The van der Waals surface area contributed by atoms with Gasteiger partial charge in [-0.2, -0.15) is 0 Å². The molecule has 1 N–H and O–H groups in total. The summed E-state index contributed by atoms with van der Waals surface area (Å²) < 4.78 is 22.7. The Kier molecular flexibility index (Phi) is 6.20. The van der Waals surface area contributed by atoms with Gasteiger partial charge in [-0.15, -0.1) is 0 Å². The second kappa shape index (κ2) is 8.79. The molecule has 2 aromatic carbocycles. The third-order valence-corrected chi connectivity index (χ3v) is 4.92. The second-order valence-electron chi connectivity index (χ2n) is 5.65. The molecule has 0 fully saturated rings. The number of fused-ring (bicyclic) bond motifs is 1. The smallest absolute Gasteiger partial charge is 0.257 e. The van der Waals surface area contributed by atoms with Gasteiger partial charge in [0, 0.05) is 5.56 Å². The topological polar surface area (TPSA) is 78.9 Å². The van der Waals surface area contributed by atoms with Crippen LogP contribution in [0.15, 0.2) is 30.3 Å². The van der Waals surface area contributed by atoms with Crippen LogP contribution in [0, 0.1) is 0 Å². The number of nitrogens with zero attached hydrogens (tertiary/aromatic N) is 1. The van der Waals surface area contributed by atoms with Gasteiger partial charge in [-0.25, -0.2) is 4.98 Å². The first-order chi connectivity index (χ1) is 13.6. The molecular weight excluding hydrogens is 380 g/mol. The number of hydrogen-bond donors (Lipinski definition) is 1. The van der Waals surface area contributed by atoms with Gasteiger partial charge in [0.05, 0.1) is 27.4 Å². The van der Waals surface area contributed by atoms with Crippen LogP contribution in [0.1, 0.15) is 24.2 Å². The number of carbonyl (C=O) groups excluding carboxylic acids is 1. The van der Waals surface area contributed by atoms with Gasteiger partial charge in [0.1, 0.15) is 21.7 Å². The maximum Gasteiger partial charge on any atom is 0.257 e. The maximum absolute atomic E-state index is 12.7. The summed E-state index contributed by atoms with van der Waals surface area (Å²) in [6.07, 6.45) is 0. The number of carbonyl (C=O) groups is 1. The molecule has 28 heavy (non-hydrogen) atoms. The van der Waals surface area contributed by atoms with Crippen LogP contribution in [0.2, 0.25) is 0 Å². The molecule has 7 nitrogen and oxygen atoms in total. The van der Waals surface area contributed by atoms with Crippen molar-refractivity contribution in [3.8, 4) is 23.0 Å². The lowest BCUT2D eigenvalue weighted by atomic mass is 10.2. The minimum Gasteiger partial charge on any atom is -0.495 e. The largest absolute Gasteiger partial charge is 0.495 e. The summed E-state index contributed by atoms with van der Waals surface area (Å²) in [6, 6.07) is 8.68. The highest BCUT2D eigenvalue weighted by Crippen LogP contribution is 2.39. The van der Waals surface area contributed by atoms with Crippen molar-refractivity contribution in [1.29, 1.82) is 0 Å². The monoisotopic (exact) mass is 402 g/mol. The van der Waals surface area contributed by atoms with Crippen molar-refractivity contribution in [2.45, 2.75) is 13.8 Å². The molecule has 1 aromatic heterocycles. The summed E-state index contributed by atoms with van der Waals surface area (Å²) in [6.45, 7) is 4.76. The number of hydrogen-bond acceptors (Lipinski definition) is 7. The van der Waals surface area contributed by atoms with E-state index in [2.05, 4.69) is 10.3 Å². The van der Waals surface area contributed by atoms with Crippen LogP contribution >= 0.6 is 11.3 Å². The van der Waals surface area contributed by atoms with E-state index in [0.29, 0.717) is 52.4 Å². The predicted octanol–water partition coefficient (Wildman–Crippen LogP) is 4.36. The Morgan fingerprint density at radius 1 is 0.964 bits per heavy atom. The molecular formula is C20H22N2O5S. The molecule has 0 bridgehead atoms. The van der Waals surface area contributed by atoms with Crippen LogP contribution in [0.25, 0.3) is 10.2 Å². The van der Waals surface area contributed by atoms with Crippen molar-refractivity contribution >= 4 is 32.6 Å². The van der Waals surface area contributed by atoms with E-state index in [-0.39, 0.29) is 5.91 Å². The number of thiazole rings is 1. The molecule has 0 aliphatic rings. The Morgan fingerprint density at radius 2 is 1.61 bits per heavy atom. The molecule has 0 aliphatic heterocycles. The fourth-order valence-corrected chi connectivity index (χ4v) is 3.67. The van der Waals surface area contributed by atoms with Crippen molar-refractivity contribution < 1.29 is 23.7 Å². The fraction of sp³-hybridized carbons (Fsp3) is 0.300. The highest BCUT2D eigenvalue weighted by atomic mass is 32.1. The van der Waals surface area contributed by atoms with E-state index in [0.717, 1.165) is 4.70 Å². The average molecular weight is 402 g/mol. The molecule has 0 atom stereocenters. The standard InChI is InChI=1S/C20H22N2O5S/c1-5-26-13-8-7-12(11-16(13)27-6-2)19(23)22-20-21-17-14(24-3)9-10-15(25-4)18(17)28-20/h7-11H,5-6H2,1-4H3,(H,21,22,23). The lowest BCUT2D eigenvalue weighted by Crippen LogP contribution is -2.12. The number of methoxy groups -OCH3 is 2. The molecule has 3 aromatic rings. The average Bonchev–Trinajstić information content (AvgIpc) is 3.12. The van der Waals surface area contributed by atoms with E-state index in [1.165, 1.54) is 11.3 Å². The van der Waals surface area contributed by atoms with Gasteiger partial charge in [0.25, 0.3) is 5.91 Å².